The molecule has 0 saturated carbocycles. The van der Waals surface area contributed by atoms with E-state index in [0.29, 0.717) is 0 Å². The van der Waals surface area contributed by atoms with Crippen LogP contribution < -0.4 is 5.73 Å². The SMILES string of the molecule is CCC1=CCC(N)C=C1CC. The van der Waals surface area contributed by atoms with Gasteiger partial charge >= 0.3 is 0 Å². The molecule has 0 aromatic heterocycles. The minimum Gasteiger partial charge on any atom is -0.324 e. The van der Waals surface area contributed by atoms with Crippen LogP contribution in [0.4, 0.5) is 0 Å². The van der Waals surface area contributed by atoms with Gasteiger partial charge in [0.15, 0.2) is 0 Å². The average Bonchev–Trinajstić information content (AvgIpc) is 2.04. The molecule has 0 radical (unpaired) electrons. The van der Waals surface area contributed by atoms with E-state index in [1.807, 2.05) is 0 Å². The molecule has 0 aromatic rings. The second kappa shape index (κ2) is 3.72. The van der Waals surface area contributed by atoms with Crippen LogP contribution in [-0.4, -0.2) is 6.04 Å². The fraction of sp³-hybridized carbons (Fsp3) is 0.600. The van der Waals surface area contributed by atoms with E-state index in [2.05, 4.69) is 26.0 Å². The Labute approximate surface area is 69.0 Å². The summed E-state index contributed by atoms with van der Waals surface area (Å²) >= 11 is 0. The summed E-state index contributed by atoms with van der Waals surface area (Å²) in [5, 5.41) is 0. The van der Waals surface area contributed by atoms with Crippen molar-refractivity contribution in [1.82, 2.24) is 0 Å². The third kappa shape index (κ3) is 1.93. The predicted octanol–water partition coefficient (Wildman–Crippen LogP) is 2.39. The Balaban J connectivity index is 2.74. The molecule has 62 valence electrons. The summed E-state index contributed by atoms with van der Waals surface area (Å²) in [6.07, 6.45) is 7.77. The van der Waals surface area contributed by atoms with Crippen molar-refractivity contribution in [2.24, 2.45) is 5.73 Å². The van der Waals surface area contributed by atoms with E-state index in [0.717, 1.165) is 19.3 Å². The van der Waals surface area contributed by atoms with Crippen molar-refractivity contribution in [3.05, 3.63) is 23.3 Å². The van der Waals surface area contributed by atoms with Crippen molar-refractivity contribution in [2.45, 2.75) is 39.2 Å². The van der Waals surface area contributed by atoms with Gasteiger partial charge < -0.3 is 5.73 Å². The van der Waals surface area contributed by atoms with Crippen LogP contribution in [0.25, 0.3) is 0 Å². The number of nitrogens with two attached hydrogens (primary N) is 1. The first-order valence-corrected chi connectivity index (χ1v) is 4.43. The smallest absolute Gasteiger partial charge is 0.0264 e. The normalized spacial score (nSPS) is 24.5. The van der Waals surface area contributed by atoms with Gasteiger partial charge in [-0.3, -0.25) is 0 Å². The van der Waals surface area contributed by atoms with Crippen molar-refractivity contribution in [2.75, 3.05) is 0 Å². The van der Waals surface area contributed by atoms with Gasteiger partial charge in [-0.05, 0) is 30.4 Å². The first-order chi connectivity index (χ1) is 5.27. The quantitative estimate of drug-likeness (QED) is 0.644. The minimum atomic E-state index is 0.264. The highest BCUT2D eigenvalue weighted by atomic mass is 14.6. The molecule has 1 heteroatoms. The fourth-order valence-electron chi connectivity index (χ4n) is 1.56. The van der Waals surface area contributed by atoms with Crippen LogP contribution >= 0.6 is 0 Å². The van der Waals surface area contributed by atoms with Gasteiger partial charge in [-0.15, -0.1) is 0 Å². The fourth-order valence-corrected chi connectivity index (χ4v) is 1.56. The molecule has 0 saturated heterocycles. The number of hydrogen-bond acceptors (Lipinski definition) is 1. The van der Waals surface area contributed by atoms with Crippen LogP contribution in [-0.2, 0) is 0 Å². The molecular weight excluding hydrogens is 134 g/mol. The summed E-state index contributed by atoms with van der Waals surface area (Å²) in [6.45, 7) is 4.39. The van der Waals surface area contributed by atoms with E-state index in [1.165, 1.54) is 11.1 Å². The van der Waals surface area contributed by atoms with Gasteiger partial charge in [0.25, 0.3) is 0 Å². The van der Waals surface area contributed by atoms with E-state index in [4.69, 9.17) is 5.73 Å². The van der Waals surface area contributed by atoms with E-state index in [1.54, 1.807) is 0 Å². The molecule has 1 atom stereocenters. The molecule has 1 rings (SSSR count). The van der Waals surface area contributed by atoms with Crippen LogP contribution in [0.15, 0.2) is 23.3 Å². The Morgan fingerprint density at radius 2 is 2.00 bits per heavy atom. The molecule has 0 fully saturated rings. The zero-order chi connectivity index (χ0) is 8.27. The van der Waals surface area contributed by atoms with Gasteiger partial charge in [-0.1, -0.05) is 26.0 Å². The van der Waals surface area contributed by atoms with Crippen molar-refractivity contribution in [3.63, 3.8) is 0 Å². The standard InChI is InChI=1S/C10H17N/c1-3-8-5-6-10(11)7-9(8)4-2/h5,7,10H,3-4,6,11H2,1-2H3. The summed E-state index contributed by atoms with van der Waals surface area (Å²) in [4.78, 5) is 0. The van der Waals surface area contributed by atoms with E-state index in [9.17, 15) is 0 Å². The third-order valence-electron chi connectivity index (χ3n) is 2.23. The first kappa shape index (κ1) is 8.54. The molecule has 0 aromatic carbocycles. The zero-order valence-corrected chi connectivity index (χ0v) is 7.43. The Morgan fingerprint density at radius 1 is 1.36 bits per heavy atom. The van der Waals surface area contributed by atoms with Gasteiger partial charge in [-0.25, -0.2) is 0 Å². The van der Waals surface area contributed by atoms with Crippen LogP contribution in [0.2, 0.25) is 0 Å². The van der Waals surface area contributed by atoms with Crippen molar-refractivity contribution in [3.8, 4) is 0 Å². The molecular formula is C10H17N. The van der Waals surface area contributed by atoms with Crippen LogP contribution in [0.5, 0.6) is 0 Å². The molecule has 0 amide bonds. The van der Waals surface area contributed by atoms with Gasteiger partial charge in [0, 0.05) is 6.04 Å². The van der Waals surface area contributed by atoms with Gasteiger partial charge in [0.2, 0.25) is 0 Å². The number of hydrogen-bond donors (Lipinski definition) is 1. The highest BCUT2D eigenvalue weighted by Gasteiger charge is 2.09. The van der Waals surface area contributed by atoms with Gasteiger partial charge in [0.1, 0.15) is 0 Å². The van der Waals surface area contributed by atoms with Crippen molar-refractivity contribution >= 4 is 0 Å². The molecule has 0 heterocycles. The van der Waals surface area contributed by atoms with Gasteiger partial charge in [-0.2, -0.15) is 0 Å². The van der Waals surface area contributed by atoms with Crippen LogP contribution in [0.3, 0.4) is 0 Å². The molecule has 1 aliphatic carbocycles. The summed E-state index contributed by atoms with van der Waals surface area (Å²) in [5.74, 6) is 0. The summed E-state index contributed by atoms with van der Waals surface area (Å²) in [7, 11) is 0. The Hall–Kier alpha value is -0.560. The number of allylic oxidation sites excluding steroid dienone is 2. The van der Waals surface area contributed by atoms with E-state index < -0.39 is 0 Å². The lowest BCUT2D eigenvalue weighted by atomic mass is 9.92. The maximum atomic E-state index is 5.80. The van der Waals surface area contributed by atoms with Gasteiger partial charge in [0.05, 0.1) is 0 Å². The lowest BCUT2D eigenvalue weighted by Crippen LogP contribution is -2.19. The highest BCUT2D eigenvalue weighted by molar-refractivity contribution is 5.35. The third-order valence-corrected chi connectivity index (χ3v) is 2.23. The predicted molar refractivity (Wildman–Crippen MR) is 49.3 cm³/mol. The average molecular weight is 151 g/mol. The highest BCUT2D eigenvalue weighted by Crippen LogP contribution is 2.22. The summed E-state index contributed by atoms with van der Waals surface area (Å²) in [6, 6.07) is 0.264. The molecule has 1 aliphatic rings. The molecule has 1 unspecified atom stereocenters. The largest absolute Gasteiger partial charge is 0.324 e. The maximum Gasteiger partial charge on any atom is 0.0264 e. The van der Waals surface area contributed by atoms with Crippen LogP contribution in [0, 0.1) is 0 Å². The summed E-state index contributed by atoms with van der Waals surface area (Å²) in [5.41, 5.74) is 8.74. The zero-order valence-electron chi connectivity index (χ0n) is 7.43. The molecule has 0 bridgehead atoms. The monoisotopic (exact) mass is 151 g/mol. The minimum absolute atomic E-state index is 0.264. The Kier molecular flexibility index (Phi) is 2.89. The Bertz CT molecular complexity index is 189. The second-order valence-electron chi connectivity index (χ2n) is 3.03. The molecule has 1 nitrogen and oxygen atoms in total. The molecule has 0 spiro atoms. The Morgan fingerprint density at radius 3 is 2.55 bits per heavy atom. The second-order valence-corrected chi connectivity index (χ2v) is 3.03. The first-order valence-electron chi connectivity index (χ1n) is 4.43. The van der Waals surface area contributed by atoms with E-state index in [-0.39, 0.29) is 6.04 Å². The molecule has 0 aliphatic heterocycles. The number of rotatable bonds is 2. The lowest BCUT2D eigenvalue weighted by Gasteiger charge is -2.17. The van der Waals surface area contributed by atoms with Crippen LogP contribution in [0.1, 0.15) is 33.1 Å². The van der Waals surface area contributed by atoms with Crippen molar-refractivity contribution in [1.29, 1.82) is 0 Å². The topological polar surface area (TPSA) is 26.0 Å². The molecule has 11 heavy (non-hydrogen) atoms. The summed E-state index contributed by atoms with van der Waals surface area (Å²) < 4.78 is 0. The van der Waals surface area contributed by atoms with E-state index >= 15 is 0 Å². The molecule has 2 N–H and O–H groups in total. The maximum absolute atomic E-state index is 5.80. The van der Waals surface area contributed by atoms with Crippen molar-refractivity contribution < 1.29 is 0 Å². The lowest BCUT2D eigenvalue weighted by molar-refractivity contribution is 0.787.